The number of anilines is 1. The Hall–Kier alpha value is -1.23. The Balaban J connectivity index is 2.46. The first-order valence-corrected chi connectivity index (χ1v) is 5.19. The molecule has 0 unspecified atom stereocenters. The molecule has 2 rings (SSSR count). The number of halogens is 1. The molecule has 3 nitrogen and oxygen atoms in total. The average Bonchev–Trinajstić information content (AvgIpc) is 2.58. The number of nitrogens with zero attached hydrogens (tertiary/aromatic N) is 2. The van der Waals surface area contributed by atoms with Crippen LogP contribution in [0.4, 0.5) is 10.2 Å². The molecule has 0 aliphatic rings. The van der Waals surface area contributed by atoms with Crippen molar-refractivity contribution in [3.05, 3.63) is 17.3 Å². The van der Waals surface area contributed by atoms with Gasteiger partial charge in [0.05, 0.1) is 5.39 Å². The van der Waals surface area contributed by atoms with E-state index in [0.717, 1.165) is 21.6 Å². The summed E-state index contributed by atoms with van der Waals surface area (Å²) in [7, 11) is 0. The van der Waals surface area contributed by atoms with Crippen molar-refractivity contribution in [2.45, 2.75) is 6.92 Å². The molecule has 0 spiro atoms. The molecule has 0 saturated heterocycles. The molecule has 14 heavy (non-hydrogen) atoms. The maximum absolute atomic E-state index is 12.0. The molecule has 5 heteroatoms. The fraction of sp³-hybridized carbons (Fsp3) is 0.333. The first-order chi connectivity index (χ1) is 6.83. The van der Waals surface area contributed by atoms with E-state index in [-0.39, 0.29) is 0 Å². The van der Waals surface area contributed by atoms with Crippen LogP contribution in [0.3, 0.4) is 0 Å². The third-order valence-electron chi connectivity index (χ3n) is 1.94. The number of aromatic nitrogens is 2. The van der Waals surface area contributed by atoms with Gasteiger partial charge >= 0.3 is 0 Å². The Labute approximate surface area is 85.0 Å². The quantitative estimate of drug-likeness (QED) is 0.847. The van der Waals surface area contributed by atoms with Crippen LogP contribution in [0, 0.1) is 6.92 Å². The van der Waals surface area contributed by atoms with E-state index in [4.69, 9.17) is 0 Å². The van der Waals surface area contributed by atoms with Crippen LogP contribution in [0.15, 0.2) is 11.7 Å². The molecule has 0 fully saturated rings. The molecule has 74 valence electrons. The lowest BCUT2D eigenvalue weighted by atomic mass is 10.2. The number of thiophene rings is 1. The minimum Gasteiger partial charge on any atom is -0.367 e. The zero-order valence-corrected chi connectivity index (χ0v) is 8.57. The van der Waals surface area contributed by atoms with Crippen molar-refractivity contribution in [1.29, 1.82) is 0 Å². The Morgan fingerprint density at radius 3 is 3.14 bits per heavy atom. The van der Waals surface area contributed by atoms with Gasteiger partial charge in [0.25, 0.3) is 0 Å². The summed E-state index contributed by atoms with van der Waals surface area (Å²) < 4.78 is 12.0. The van der Waals surface area contributed by atoms with E-state index in [1.807, 2.05) is 12.3 Å². The topological polar surface area (TPSA) is 37.8 Å². The third kappa shape index (κ3) is 1.55. The van der Waals surface area contributed by atoms with E-state index in [1.54, 1.807) is 11.3 Å². The molecule has 0 bridgehead atoms. The fourth-order valence-electron chi connectivity index (χ4n) is 1.32. The zero-order valence-electron chi connectivity index (χ0n) is 7.75. The lowest BCUT2D eigenvalue weighted by Gasteiger charge is -2.03. The molecule has 0 saturated carbocycles. The Morgan fingerprint density at radius 2 is 2.36 bits per heavy atom. The summed E-state index contributed by atoms with van der Waals surface area (Å²) in [6.45, 7) is 1.90. The molecule has 0 aliphatic heterocycles. The van der Waals surface area contributed by atoms with E-state index in [1.165, 1.54) is 6.33 Å². The predicted molar refractivity (Wildman–Crippen MR) is 56.6 cm³/mol. The van der Waals surface area contributed by atoms with Gasteiger partial charge in [0, 0.05) is 6.54 Å². The number of alkyl halides is 1. The van der Waals surface area contributed by atoms with Gasteiger partial charge in [0.1, 0.15) is 23.7 Å². The first-order valence-electron chi connectivity index (χ1n) is 4.31. The van der Waals surface area contributed by atoms with Gasteiger partial charge < -0.3 is 5.32 Å². The van der Waals surface area contributed by atoms with Crippen LogP contribution in [0.2, 0.25) is 0 Å². The minimum absolute atomic E-state index is 0.293. The predicted octanol–water partition coefficient (Wildman–Crippen LogP) is 2.38. The van der Waals surface area contributed by atoms with E-state index in [2.05, 4.69) is 15.3 Å². The number of hydrogen-bond donors (Lipinski definition) is 1. The minimum atomic E-state index is -0.394. The summed E-state index contributed by atoms with van der Waals surface area (Å²) in [5.74, 6) is 0.728. The molecule has 0 aromatic carbocycles. The summed E-state index contributed by atoms with van der Waals surface area (Å²) in [6, 6.07) is 0. The summed E-state index contributed by atoms with van der Waals surface area (Å²) in [5.41, 5.74) is 1.13. The summed E-state index contributed by atoms with van der Waals surface area (Å²) in [4.78, 5) is 9.18. The van der Waals surface area contributed by atoms with Gasteiger partial charge in [0.15, 0.2) is 0 Å². The van der Waals surface area contributed by atoms with Gasteiger partial charge in [-0.2, -0.15) is 0 Å². The second-order valence-corrected chi connectivity index (χ2v) is 3.80. The molecule has 0 amide bonds. The average molecular weight is 211 g/mol. The molecule has 2 aromatic heterocycles. The highest BCUT2D eigenvalue weighted by Gasteiger charge is 2.07. The highest BCUT2D eigenvalue weighted by atomic mass is 32.1. The second kappa shape index (κ2) is 3.88. The van der Waals surface area contributed by atoms with Gasteiger partial charge in [-0.25, -0.2) is 14.4 Å². The zero-order chi connectivity index (χ0) is 9.97. The molecule has 2 aromatic rings. The SMILES string of the molecule is Cc1csc2ncnc(NCCF)c12. The first kappa shape index (κ1) is 9.33. The smallest absolute Gasteiger partial charge is 0.138 e. The molecular formula is C9H10FN3S. The van der Waals surface area contributed by atoms with Crippen molar-refractivity contribution in [3.63, 3.8) is 0 Å². The van der Waals surface area contributed by atoms with Gasteiger partial charge in [-0.15, -0.1) is 11.3 Å². The van der Waals surface area contributed by atoms with Crippen molar-refractivity contribution in [2.24, 2.45) is 0 Å². The van der Waals surface area contributed by atoms with Crippen LogP contribution < -0.4 is 5.32 Å². The van der Waals surface area contributed by atoms with Gasteiger partial charge in [-0.3, -0.25) is 0 Å². The Bertz CT molecular complexity index is 441. The maximum Gasteiger partial charge on any atom is 0.138 e. The second-order valence-electron chi connectivity index (χ2n) is 2.94. The van der Waals surface area contributed by atoms with E-state index >= 15 is 0 Å². The molecule has 0 aliphatic carbocycles. The third-order valence-corrected chi connectivity index (χ3v) is 2.95. The number of hydrogen-bond acceptors (Lipinski definition) is 4. The summed E-state index contributed by atoms with van der Waals surface area (Å²) in [6.07, 6.45) is 1.50. The lowest BCUT2D eigenvalue weighted by molar-refractivity contribution is 0.512. The lowest BCUT2D eigenvalue weighted by Crippen LogP contribution is -2.05. The molecule has 2 heterocycles. The maximum atomic E-state index is 12.0. The van der Waals surface area contributed by atoms with Crippen LogP contribution in [0.5, 0.6) is 0 Å². The highest BCUT2D eigenvalue weighted by Crippen LogP contribution is 2.27. The van der Waals surface area contributed by atoms with Gasteiger partial charge in [0.2, 0.25) is 0 Å². The summed E-state index contributed by atoms with van der Waals surface area (Å²) >= 11 is 1.58. The van der Waals surface area contributed by atoms with Crippen LogP contribution in [0.1, 0.15) is 5.56 Å². The number of fused-ring (bicyclic) bond motifs is 1. The van der Waals surface area contributed by atoms with Crippen molar-refractivity contribution < 1.29 is 4.39 Å². The largest absolute Gasteiger partial charge is 0.367 e. The Kier molecular flexibility index (Phi) is 2.58. The van der Waals surface area contributed by atoms with Crippen LogP contribution >= 0.6 is 11.3 Å². The van der Waals surface area contributed by atoms with Crippen LogP contribution in [0.25, 0.3) is 10.2 Å². The van der Waals surface area contributed by atoms with Crippen molar-refractivity contribution in [2.75, 3.05) is 18.5 Å². The number of rotatable bonds is 3. The molecule has 0 radical (unpaired) electrons. The van der Waals surface area contributed by atoms with Crippen LogP contribution in [-0.4, -0.2) is 23.2 Å². The summed E-state index contributed by atoms with van der Waals surface area (Å²) in [5, 5.41) is 5.98. The van der Waals surface area contributed by atoms with Crippen molar-refractivity contribution in [1.82, 2.24) is 9.97 Å². The Morgan fingerprint density at radius 1 is 1.50 bits per heavy atom. The monoisotopic (exact) mass is 211 g/mol. The van der Waals surface area contributed by atoms with E-state index in [9.17, 15) is 4.39 Å². The normalized spacial score (nSPS) is 10.7. The van der Waals surface area contributed by atoms with Gasteiger partial charge in [-0.1, -0.05) is 0 Å². The number of nitrogens with one attached hydrogen (secondary N) is 1. The highest BCUT2D eigenvalue weighted by molar-refractivity contribution is 7.17. The van der Waals surface area contributed by atoms with E-state index < -0.39 is 6.67 Å². The van der Waals surface area contributed by atoms with Crippen molar-refractivity contribution in [3.8, 4) is 0 Å². The fourth-order valence-corrected chi connectivity index (χ4v) is 2.21. The molecule has 1 N–H and O–H groups in total. The standard InChI is InChI=1S/C9H10FN3S/c1-6-4-14-9-7(6)8(11-3-2-10)12-5-13-9/h4-5H,2-3H2,1H3,(H,11,12,13). The molecular weight excluding hydrogens is 201 g/mol. The van der Waals surface area contributed by atoms with Crippen molar-refractivity contribution >= 4 is 27.4 Å². The van der Waals surface area contributed by atoms with E-state index in [0.29, 0.717) is 6.54 Å². The van der Waals surface area contributed by atoms with Crippen LogP contribution in [-0.2, 0) is 0 Å². The molecule has 0 atom stereocenters. The van der Waals surface area contributed by atoms with Gasteiger partial charge in [-0.05, 0) is 17.9 Å². The number of aryl methyl sites for hydroxylation is 1.